The van der Waals surface area contributed by atoms with Gasteiger partial charge in [-0.1, -0.05) is 23.8 Å². The molecule has 1 atom stereocenters. The largest absolute Gasteiger partial charge is 0.438 e. The van der Waals surface area contributed by atoms with Crippen LogP contribution in [0.5, 0.6) is 11.6 Å². The minimum absolute atomic E-state index is 0. The van der Waals surface area contributed by atoms with Crippen LogP contribution in [0.1, 0.15) is 68.2 Å². The molecule has 3 aromatic rings. The van der Waals surface area contributed by atoms with E-state index in [1.807, 2.05) is 46.8 Å². The van der Waals surface area contributed by atoms with E-state index in [1.165, 1.54) is 18.2 Å². The van der Waals surface area contributed by atoms with Crippen LogP contribution in [0.25, 0.3) is 0 Å². The zero-order valence-corrected chi connectivity index (χ0v) is 22.5. The molecule has 0 aliphatic carbocycles. The highest BCUT2D eigenvalue weighted by atomic mass is 32.2. The normalized spacial score (nSPS) is 17.3. The van der Waals surface area contributed by atoms with Crippen LogP contribution in [-0.2, 0) is 14.8 Å². The van der Waals surface area contributed by atoms with Crippen molar-refractivity contribution in [2.24, 2.45) is 0 Å². The third kappa shape index (κ3) is 6.08. The molecule has 1 unspecified atom stereocenters. The monoisotopic (exact) mass is 528 g/mol. The van der Waals surface area contributed by atoms with Gasteiger partial charge in [-0.2, -0.15) is 8.42 Å². The lowest BCUT2D eigenvalue weighted by Gasteiger charge is -2.35. The molecule has 200 valence electrons. The number of nitrogen functional groups attached to an aromatic ring is 1. The second-order valence-corrected chi connectivity index (χ2v) is 11.7. The predicted octanol–water partition coefficient (Wildman–Crippen LogP) is 5.06. The Morgan fingerprint density at radius 2 is 1.84 bits per heavy atom. The van der Waals surface area contributed by atoms with Crippen LogP contribution in [0.2, 0.25) is 0 Å². The molecule has 0 spiro atoms. The summed E-state index contributed by atoms with van der Waals surface area (Å²) in [5.74, 6) is -0.159. The molecule has 0 radical (unpaired) electrons. The molecule has 1 fully saturated rings. The van der Waals surface area contributed by atoms with Gasteiger partial charge < -0.3 is 15.2 Å². The first kappa shape index (κ1) is 26.6. The summed E-state index contributed by atoms with van der Waals surface area (Å²) in [4.78, 5) is 21.8. The van der Waals surface area contributed by atoms with E-state index in [4.69, 9.17) is 20.2 Å². The van der Waals surface area contributed by atoms with Crippen molar-refractivity contribution in [2.45, 2.75) is 64.0 Å². The highest BCUT2D eigenvalue weighted by Gasteiger charge is 2.32. The molecule has 3 heterocycles. The number of amides is 1. The Morgan fingerprint density at radius 3 is 2.49 bits per heavy atom. The lowest BCUT2D eigenvalue weighted by atomic mass is 9.86. The molecular weight excluding hydrogens is 492 g/mol. The first-order valence-electron chi connectivity index (χ1n) is 12.0. The average molecular weight is 529 g/mol. The molecule has 0 bridgehead atoms. The number of nitrogens with zero attached hydrogens (tertiary/aromatic N) is 2. The summed E-state index contributed by atoms with van der Waals surface area (Å²) in [5.41, 5.74) is 8.89. The van der Waals surface area contributed by atoms with Crippen molar-refractivity contribution in [2.75, 3.05) is 12.3 Å². The van der Waals surface area contributed by atoms with Gasteiger partial charge >= 0.3 is 0 Å². The molecule has 1 aliphatic rings. The van der Waals surface area contributed by atoms with Crippen LogP contribution in [0.3, 0.4) is 0 Å². The van der Waals surface area contributed by atoms with E-state index < -0.39 is 15.9 Å². The average Bonchev–Trinajstić information content (AvgIpc) is 2.80. The first-order valence-corrected chi connectivity index (χ1v) is 13.5. The summed E-state index contributed by atoms with van der Waals surface area (Å²) in [6.07, 6.45) is 1.53. The zero-order chi connectivity index (χ0) is 27.0. The minimum atomic E-state index is -4.28. The molecule has 1 saturated heterocycles. The topological polar surface area (TPSA) is 134 Å². The Labute approximate surface area is 220 Å². The number of ether oxygens (including phenoxy) is 2. The number of aromatic nitrogens is 2. The van der Waals surface area contributed by atoms with Gasteiger partial charge in [0.25, 0.3) is 15.9 Å². The standard InChI is InChI=1S/C27H32N4O5S.2H2/c1-16-13-17(2)24(18(3)14-16)36-26-20(9-10-21(29-26)19-11-12-35-27(4,5)15-19)25(32)31-37(33,34)23-8-6-7-22(28)30-23;;/h6-10,13-14,19H,11-12,15H2,1-5H3,(H2,28,30)(H,31,32);2*1H. The van der Waals surface area contributed by atoms with Gasteiger partial charge in [0.05, 0.1) is 5.60 Å². The fourth-order valence-electron chi connectivity index (χ4n) is 4.65. The number of aryl methyl sites for hydroxylation is 3. The number of nitrogens with one attached hydrogen (secondary N) is 1. The highest BCUT2D eigenvalue weighted by molar-refractivity contribution is 7.90. The van der Waals surface area contributed by atoms with Gasteiger partial charge in [0.1, 0.15) is 17.1 Å². The van der Waals surface area contributed by atoms with Crippen molar-refractivity contribution in [1.29, 1.82) is 0 Å². The highest BCUT2D eigenvalue weighted by Crippen LogP contribution is 2.37. The molecule has 1 aromatic carbocycles. The van der Waals surface area contributed by atoms with Crippen molar-refractivity contribution >= 4 is 21.7 Å². The Bertz CT molecular complexity index is 1440. The Morgan fingerprint density at radius 1 is 1.14 bits per heavy atom. The molecule has 10 heteroatoms. The summed E-state index contributed by atoms with van der Waals surface area (Å²) in [5, 5.41) is -0.359. The van der Waals surface area contributed by atoms with E-state index >= 15 is 0 Å². The summed E-state index contributed by atoms with van der Waals surface area (Å²) >= 11 is 0. The summed E-state index contributed by atoms with van der Waals surface area (Å²) < 4.78 is 39.8. The number of nitrogens with two attached hydrogens (primary N) is 1. The molecule has 1 aliphatic heterocycles. The fraction of sp³-hybridized carbons (Fsp3) is 0.370. The lowest BCUT2D eigenvalue weighted by molar-refractivity contribution is -0.0598. The second kappa shape index (κ2) is 10.1. The van der Waals surface area contributed by atoms with E-state index in [2.05, 4.69) is 9.71 Å². The molecule has 4 rings (SSSR count). The number of hydrogen-bond acceptors (Lipinski definition) is 8. The Balaban J connectivity index is 0.00000267. The van der Waals surface area contributed by atoms with Gasteiger partial charge in [-0.05, 0) is 82.9 Å². The summed E-state index contributed by atoms with van der Waals surface area (Å²) in [6.45, 7) is 10.5. The Kier molecular flexibility index (Phi) is 7.25. The number of hydrogen-bond donors (Lipinski definition) is 2. The lowest BCUT2D eigenvalue weighted by Crippen LogP contribution is -2.33. The van der Waals surface area contributed by atoms with Crippen LogP contribution < -0.4 is 15.2 Å². The van der Waals surface area contributed by atoms with Gasteiger partial charge in [0.2, 0.25) is 5.88 Å². The van der Waals surface area contributed by atoms with Gasteiger partial charge in [-0.25, -0.2) is 14.7 Å². The number of carbonyl (C=O) groups excluding carboxylic acids is 1. The van der Waals surface area contributed by atoms with Gasteiger partial charge in [-0.15, -0.1) is 0 Å². The van der Waals surface area contributed by atoms with Crippen LogP contribution in [0.4, 0.5) is 5.82 Å². The van der Waals surface area contributed by atoms with E-state index in [1.54, 1.807) is 12.1 Å². The number of pyridine rings is 2. The van der Waals surface area contributed by atoms with Crippen molar-refractivity contribution in [3.63, 3.8) is 0 Å². The van der Waals surface area contributed by atoms with Crippen LogP contribution in [-0.4, -0.2) is 36.5 Å². The van der Waals surface area contributed by atoms with Gasteiger partial charge in [0.15, 0.2) is 5.03 Å². The number of carbonyl (C=O) groups is 1. The maximum absolute atomic E-state index is 13.3. The minimum Gasteiger partial charge on any atom is -0.438 e. The number of rotatable bonds is 6. The van der Waals surface area contributed by atoms with E-state index in [0.29, 0.717) is 12.4 Å². The van der Waals surface area contributed by atoms with Crippen LogP contribution in [0, 0.1) is 20.8 Å². The van der Waals surface area contributed by atoms with Crippen molar-refractivity contribution in [1.82, 2.24) is 14.7 Å². The quantitative estimate of drug-likeness (QED) is 0.453. The SMILES string of the molecule is Cc1cc(C)c(Oc2nc(C3CCOC(C)(C)C3)ccc2C(=O)NS(=O)(=O)c2cccc(N)n2)c(C)c1.[HH].[HH]. The van der Waals surface area contributed by atoms with Gasteiger partial charge in [0, 0.05) is 21.1 Å². The molecule has 37 heavy (non-hydrogen) atoms. The third-order valence-electron chi connectivity index (χ3n) is 6.29. The molecule has 0 saturated carbocycles. The molecule has 3 N–H and O–H groups in total. The second-order valence-electron chi connectivity index (χ2n) is 10.1. The van der Waals surface area contributed by atoms with Crippen LogP contribution >= 0.6 is 0 Å². The first-order chi connectivity index (χ1) is 17.3. The molecule has 9 nitrogen and oxygen atoms in total. The smallest absolute Gasteiger partial charge is 0.281 e. The number of sulfonamides is 1. The summed E-state index contributed by atoms with van der Waals surface area (Å²) in [7, 11) is -4.28. The van der Waals surface area contributed by atoms with E-state index in [9.17, 15) is 13.2 Å². The maximum atomic E-state index is 13.3. The summed E-state index contributed by atoms with van der Waals surface area (Å²) in [6, 6.07) is 11.4. The molecule has 2 aromatic heterocycles. The van der Waals surface area contributed by atoms with Crippen molar-refractivity contribution in [3.8, 4) is 11.6 Å². The predicted molar refractivity (Wildman–Crippen MR) is 144 cm³/mol. The maximum Gasteiger partial charge on any atom is 0.281 e. The Hall–Kier alpha value is -3.50. The molecule has 1 amide bonds. The fourth-order valence-corrected chi connectivity index (χ4v) is 5.59. The van der Waals surface area contributed by atoms with Crippen molar-refractivity contribution < 1.29 is 25.5 Å². The zero-order valence-electron chi connectivity index (χ0n) is 21.7. The number of anilines is 1. The number of benzene rings is 1. The van der Waals surface area contributed by atoms with E-state index in [0.717, 1.165) is 35.2 Å². The van der Waals surface area contributed by atoms with Crippen LogP contribution in [0.15, 0.2) is 47.5 Å². The van der Waals surface area contributed by atoms with Crippen molar-refractivity contribution in [3.05, 3.63) is 70.4 Å². The third-order valence-corrected chi connectivity index (χ3v) is 7.52. The molecular formula is C27H36N4O5S. The van der Waals surface area contributed by atoms with E-state index in [-0.39, 0.29) is 36.7 Å². The van der Waals surface area contributed by atoms with Gasteiger partial charge in [-0.3, -0.25) is 4.79 Å².